The number of Topliss-reactive ketones (excluding diaryl/α,β-unsaturated/α-hetero) is 1. The highest BCUT2D eigenvalue weighted by Crippen LogP contribution is 2.42. The van der Waals surface area contributed by atoms with E-state index in [1.807, 2.05) is 6.92 Å². The molecule has 0 saturated heterocycles. The van der Waals surface area contributed by atoms with E-state index in [2.05, 4.69) is 54.9 Å². The molecule has 0 amide bonds. The van der Waals surface area contributed by atoms with Gasteiger partial charge in [-0.25, -0.2) is 0 Å². The molecule has 0 spiro atoms. The summed E-state index contributed by atoms with van der Waals surface area (Å²) >= 11 is 1.76. The summed E-state index contributed by atoms with van der Waals surface area (Å²) in [6.07, 6.45) is 2.93. The topological polar surface area (TPSA) is 53.0 Å². The Kier molecular flexibility index (Phi) is 5.11. The molecule has 1 fully saturated rings. The van der Waals surface area contributed by atoms with Crippen LogP contribution in [-0.4, -0.2) is 19.5 Å². The minimum absolute atomic E-state index is 0.111. The smallest absolute Gasteiger partial charge is 0.139 e. The Morgan fingerprint density at radius 2 is 2.00 bits per heavy atom. The summed E-state index contributed by atoms with van der Waals surface area (Å²) in [6, 6.07) is 13.4. The maximum Gasteiger partial charge on any atom is 0.139 e. The van der Waals surface area contributed by atoms with E-state index in [0.29, 0.717) is 18.2 Å². The number of amidine groups is 1. The maximum absolute atomic E-state index is 12.0. The highest BCUT2D eigenvalue weighted by atomic mass is 32.1. The van der Waals surface area contributed by atoms with E-state index in [0.717, 1.165) is 5.56 Å². The second-order valence-electron chi connectivity index (χ2n) is 8.67. The molecule has 29 heavy (non-hydrogen) atoms. The first-order valence-corrected chi connectivity index (χ1v) is 11.1. The predicted octanol–water partition coefficient (Wildman–Crippen LogP) is 4.49. The summed E-state index contributed by atoms with van der Waals surface area (Å²) in [4.78, 5) is 12.0. The molecule has 1 aliphatic carbocycles. The Hall–Kier alpha value is -2.40. The van der Waals surface area contributed by atoms with Gasteiger partial charge in [-0.3, -0.25) is 10.2 Å². The predicted molar refractivity (Wildman–Crippen MR) is 127 cm³/mol. The second kappa shape index (κ2) is 7.45. The first-order valence-electron chi connectivity index (χ1n) is 10.2. The number of carbonyl (C=O) groups excluding carboxylic acids is 1. The van der Waals surface area contributed by atoms with Gasteiger partial charge in [0.1, 0.15) is 13.6 Å². The van der Waals surface area contributed by atoms with Gasteiger partial charge in [-0.15, -0.1) is 11.3 Å². The van der Waals surface area contributed by atoms with Gasteiger partial charge in [0.05, 0.1) is 11.4 Å². The molecule has 0 aliphatic heterocycles. The lowest BCUT2D eigenvalue weighted by Crippen LogP contribution is -2.43. The van der Waals surface area contributed by atoms with Crippen LogP contribution in [0, 0.1) is 5.41 Å². The molecule has 1 aromatic heterocycles. The average Bonchev–Trinajstić information content (AvgIpc) is 3.36. The first kappa shape index (κ1) is 19.9. The van der Waals surface area contributed by atoms with E-state index in [4.69, 9.17) is 5.41 Å². The summed E-state index contributed by atoms with van der Waals surface area (Å²) in [5.41, 5.74) is 5.74. The Morgan fingerprint density at radius 1 is 1.24 bits per heavy atom. The zero-order valence-electron chi connectivity index (χ0n) is 17.6. The van der Waals surface area contributed by atoms with E-state index in [1.165, 1.54) is 45.1 Å². The van der Waals surface area contributed by atoms with Gasteiger partial charge in [0.2, 0.25) is 0 Å². The van der Waals surface area contributed by atoms with Crippen LogP contribution in [0.3, 0.4) is 0 Å². The molecule has 0 radical (unpaired) electrons. The zero-order valence-corrected chi connectivity index (χ0v) is 18.4. The molecule has 1 atom stereocenters. The number of thiophene rings is 1. The molecule has 3 nitrogen and oxygen atoms in total. The number of carbonyl (C=O) groups is 1. The van der Waals surface area contributed by atoms with E-state index in [1.54, 1.807) is 25.2 Å². The van der Waals surface area contributed by atoms with Crippen molar-refractivity contribution in [2.75, 3.05) is 0 Å². The molecule has 148 valence electrons. The van der Waals surface area contributed by atoms with Crippen molar-refractivity contribution in [1.29, 1.82) is 5.41 Å². The molecule has 1 aliphatic rings. The first-order chi connectivity index (χ1) is 13.8. The number of rotatable bonds is 6. The van der Waals surface area contributed by atoms with Crippen molar-refractivity contribution in [1.82, 2.24) is 5.32 Å². The minimum Gasteiger partial charge on any atom is -0.365 e. The number of hydrogen-bond donors (Lipinski definition) is 2. The van der Waals surface area contributed by atoms with Crippen molar-refractivity contribution in [3.8, 4) is 11.1 Å². The Labute approximate surface area is 177 Å². The summed E-state index contributed by atoms with van der Waals surface area (Å²) < 4.78 is 1.27. The van der Waals surface area contributed by atoms with Crippen LogP contribution in [-0.2, 0) is 10.3 Å². The summed E-state index contributed by atoms with van der Waals surface area (Å²) in [5.74, 6) is 1.19. The fourth-order valence-corrected chi connectivity index (χ4v) is 5.30. The van der Waals surface area contributed by atoms with Crippen molar-refractivity contribution in [2.24, 2.45) is 0 Å². The average molecular weight is 402 g/mol. The third kappa shape index (κ3) is 4.02. The van der Waals surface area contributed by atoms with Crippen LogP contribution >= 0.6 is 11.3 Å². The Balaban J connectivity index is 1.89. The largest absolute Gasteiger partial charge is 0.365 e. The lowest BCUT2D eigenvalue weighted by atomic mass is 9.83. The molecule has 5 heteroatoms. The highest BCUT2D eigenvalue weighted by molar-refractivity contribution is 7.17. The third-order valence-electron chi connectivity index (χ3n) is 5.86. The van der Waals surface area contributed by atoms with Crippen LogP contribution in [0.1, 0.15) is 57.1 Å². The van der Waals surface area contributed by atoms with E-state index in [-0.39, 0.29) is 5.78 Å². The van der Waals surface area contributed by atoms with Crippen LogP contribution in [0.25, 0.3) is 21.2 Å². The van der Waals surface area contributed by atoms with Crippen LogP contribution in [0.4, 0.5) is 0 Å². The standard InChI is InChI=1S/C24H27BN2OS/c1-14(28)13-24(3,27-15(2)26)19-10-18-8-9-29-23(18)21(12-19)17-6-7-22(25)20(11-17)16-4-5-16/h6-12,16H,4-5,13,25H2,1-3H3,(H2,26,27)/t24-/m0/s1. The normalized spacial score (nSPS) is 15.8. The minimum atomic E-state index is -0.605. The van der Waals surface area contributed by atoms with Crippen LogP contribution in [0.2, 0.25) is 0 Å². The van der Waals surface area contributed by atoms with Crippen LogP contribution in [0.15, 0.2) is 41.8 Å². The SMILES string of the molecule is Bc1ccc(-c2cc([C@](C)(CC(C)=O)NC(C)=N)cc3ccsc23)cc1C1CC1. The maximum atomic E-state index is 12.0. The molecule has 1 saturated carbocycles. The molecule has 0 bridgehead atoms. The van der Waals surface area contributed by atoms with Gasteiger partial charge in [0, 0.05) is 11.1 Å². The number of fused-ring (bicyclic) bond motifs is 1. The lowest BCUT2D eigenvalue weighted by molar-refractivity contribution is -0.118. The van der Waals surface area contributed by atoms with Crippen molar-refractivity contribution < 1.29 is 4.79 Å². The van der Waals surface area contributed by atoms with Crippen molar-refractivity contribution in [3.63, 3.8) is 0 Å². The van der Waals surface area contributed by atoms with Gasteiger partial charge in [-0.05, 0) is 85.2 Å². The van der Waals surface area contributed by atoms with Gasteiger partial charge < -0.3 is 5.32 Å². The van der Waals surface area contributed by atoms with Crippen LogP contribution < -0.4 is 10.8 Å². The van der Waals surface area contributed by atoms with Gasteiger partial charge in [-0.1, -0.05) is 29.2 Å². The number of nitrogens with one attached hydrogen (secondary N) is 2. The fraction of sp³-hybridized carbons (Fsp3) is 0.333. The number of ketones is 1. The van der Waals surface area contributed by atoms with Crippen LogP contribution in [0.5, 0.6) is 0 Å². The number of benzene rings is 2. The highest BCUT2D eigenvalue weighted by Gasteiger charge is 2.30. The lowest BCUT2D eigenvalue weighted by Gasteiger charge is -2.32. The van der Waals surface area contributed by atoms with E-state index < -0.39 is 5.54 Å². The molecule has 4 rings (SSSR count). The van der Waals surface area contributed by atoms with Gasteiger partial charge >= 0.3 is 0 Å². The summed E-state index contributed by atoms with van der Waals surface area (Å²) in [6.45, 7) is 5.37. The van der Waals surface area contributed by atoms with Gasteiger partial charge in [0.15, 0.2) is 0 Å². The summed E-state index contributed by atoms with van der Waals surface area (Å²) in [7, 11) is 2.20. The monoisotopic (exact) mass is 402 g/mol. The summed E-state index contributed by atoms with van der Waals surface area (Å²) in [5, 5.41) is 14.6. The van der Waals surface area contributed by atoms with E-state index in [9.17, 15) is 4.79 Å². The Bertz CT molecular complexity index is 1100. The third-order valence-corrected chi connectivity index (χ3v) is 6.83. The number of hydrogen-bond acceptors (Lipinski definition) is 3. The molecular formula is C24H27BN2OS. The van der Waals surface area contributed by atoms with E-state index >= 15 is 0 Å². The second-order valence-corrected chi connectivity index (χ2v) is 9.59. The molecule has 2 aromatic carbocycles. The molecular weight excluding hydrogens is 375 g/mol. The Morgan fingerprint density at radius 3 is 2.66 bits per heavy atom. The van der Waals surface area contributed by atoms with Crippen molar-refractivity contribution in [2.45, 2.75) is 51.5 Å². The van der Waals surface area contributed by atoms with Crippen molar-refractivity contribution >= 4 is 46.4 Å². The van der Waals surface area contributed by atoms with Crippen molar-refractivity contribution in [3.05, 3.63) is 52.9 Å². The zero-order chi connectivity index (χ0) is 20.8. The fourth-order valence-electron chi connectivity index (χ4n) is 4.39. The molecule has 0 unspecified atom stereocenters. The molecule has 3 aromatic rings. The molecule has 2 N–H and O–H groups in total. The quantitative estimate of drug-likeness (QED) is 0.363. The molecule has 1 heterocycles. The van der Waals surface area contributed by atoms with Gasteiger partial charge in [0.25, 0.3) is 0 Å². The van der Waals surface area contributed by atoms with Gasteiger partial charge in [-0.2, -0.15) is 0 Å².